The lowest BCUT2D eigenvalue weighted by Gasteiger charge is -2.23. The molecule has 0 aromatic heterocycles. The molecule has 126 valence electrons. The summed E-state index contributed by atoms with van der Waals surface area (Å²) in [5, 5.41) is 23.7. The van der Waals surface area contributed by atoms with Crippen molar-refractivity contribution < 1.29 is 24.5 Å². The molecular formula is C16H22N2O5. The molecule has 0 bridgehead atoms. The second kappa shape index (κ2) is 8.38. The van der Waals surface area contributed by atoms with Crippen LogP contribution in [0.25, 0.3) is 0 Å². The van der Waals surface area contributed by atoms with Crippen molar-refractivity contribution >= 4 is 12.0 Å². The number of aliphatic hydroxyl groups is 1. The molecule has 1 aliphatic heterocycles. The molecule has 1 aromatic rings. The van der Waals surface area contributed by atoms with E-state index in [2.05, 4.69) is 10.6 Å². The molecule has 1 aliphatic rings. The summed E-state index contributed by atoms with van der Waals surface area (Å²) in [6.07, 6.45) is 0.754. The van der Waals surface area contributed by atoms with Crippen LogP contribution >= 0.6 is 0 Å². The van der Waals surface area contributed by atoms with Gasteiger partial charge in [0, 0.05) is 13.0 Å². The Morgan fingerprint density at radius 1 is 1.48 bits per heavy atom. The van der Waals surface area contributed by atoms with Crippen molar-refractivity contribution in [3.63, 3.8) is 0 Å². The van der Waals surface area contributed by atoms with Gasteiger partial charge in [0.25, 0.3) is 0 Å². The molecule has 1 heterocycles. The number of piperidine rings is 1. The summed E-state index contributed by atoms with van der Waals surface area (Å²) >= 11 is 0. The Hall–Kier alpha value is -2.28. The number of benzene rings is 1. The van der Waals surface area contributed by atoms with E-state index in [4.69, 9.17) is 9.84 Å². The number of amides is 2. The third-order valence-corrected chi connectivity index (χ3v) is 3.71. The minimum atomic E-state index is -1.11. The fourth-order valence-corrected chi connectivity index (χ4v) is 2.50. The lowest BCUT2D eigenvalue weighted by molar-refractivity contribution is -0.123. The summed E-state index contributed by atoms with van der Waals surface area (Å²) in [6, 6.07) is 7.08. The molecule has 0 saturated carbocycles. The van der Waals surface area contributed by atoms with Crippen LogP contribution in [0.4, 0.5) is 4.79 Å². The van der Waals surface area contributed by atoms with Gasteiger partial charge in [-0.25, -0.2) is 4.79 Å². The Kier molecular flexibility index (Phi) is 6.22. The minimum absolute atomic E-state index is 0.0181. The molecule has 7 heteroatoms. The van der Waals surface area contributed by atoms with Crippen molar-refractivity contribution in [2.75, 3.05) is 13.2 Å². The van der Waals surface area contributed by atoms with Gasteiger partial charge >= 0.3 is 6.09 Å². The predicted octanol–water partition coefficient (Wildman–Crippen LogP) is 1.43. The minimum Gasteiger partial charge on any atom is -0.491 e. The molecule has 2 atom stereocenters. The van der Waals surface area contributed by atoms with Crippen LogP contribution in [0.5, 0.6) is 5.75 Å². The van der Waals surface area contributed by atoms with Gasteiger partial charge in [-0.1, -0.05) is 12.1 Å². The van der Waals surface area contributed by atoms with E-state index < -0.39 is 12.2 Å². The van der Waals surface area contributed by atoms with Gasteiger partial charge in [-0.2, -0.15) is 0 Å². The van der Waals surface area contributed by atoms with Gasteiger partial charge in [-0.05, 0) is 37.0 Å². The summed E-state index contributed by atoms with van der Waals surface area (Å²) in [5.74, 6) is 0.674. The standard InChI is InChI=1S/C16H22N2O5/c19-14(7-8-17-16(21)22)11-3-1-5-13(9-11)23-10-12-4-2-6-15(20)18-12/h1,3,5,9,12,14,17,19H,2,4,6-8,10H2,(H,18,20)(H,21,22)/t12?,14-/m1/s1. The van der Waals surface area contributed by atoms with Crippen molar-refractivity contribution in [2.24, 2.45) is 0 Å². The van der Waals surface area contributed by atoms with Gasteiger partial charge in [-0.15, -0.1) is 0 Å². The summed E-state index contributed by atoms with van der Waals surface area (Å²) in [4.78, 5) is 21.7. The number of hydrogen-bond acceptors (Lipinski definition) is 4. The maximum atomic E-state index is 11.3. The average molecular weight is 322 g/mol. The molecule has 7 nitrogen and oxygen atoms in total. The van der Waals surface area contributed by atoms with E-state index in [1.807, 2.05) is 0 Å². The first-order chi connectivity index (χ1) is 11.0. The van der Waals surface area contributed by atoms with Gasteiger partial charge < -0.3 is 25.6 Å². The number of rotatable bonds is 7. The zero-order chi connectivity index (χ0) is 16.7. The quantitative estimate of drug-likeness (QED) is 0.607. The Labute approximate surface area is 134 Å². The molecular weight excluding hydrogens is 300 g/mol. The Morgan fingerprint density at radius 2 is 2.30 bits per heavy atom. The number of carboxylic acid groups (broad SMARTS) is 1. The first-order valence-corrected chi connectivity index (χ1v) is 7.71. The van der Waals surface area contributed by atoms with Crippen LogP contribution in [0.2, 0.25) is 0 Å². The normalized spacial score (nSPS) is 18.8. The second-order valence-corrected chi connectivity index (χ2v) is 5.58. The molecule has 1 unspecified atom stereocenters. The van der Waals surface area contributed by atoms with E-state index in [9.17, 15) is 14.7 Å². The highest BCUT2D eigenvalue weighted by Crippen LogP contribution is 2.22. The number of carbonyl (C=O) groups is 2. The van der Waals surface area contributed by atoms with E-state index in [0.717, 1.165) is 12.8 Å². The molecule has 1 saturated heterocycles. The monoisotopic (exact) mass is 322 g/mol. The number of nitrogens with one attached hydrogen (secondary N) is 2. The van der Waals surface area contributed by atoms with E-state index in [-0.39, 0.29) is 24.9 Å². The SMILES string of the molecule is O=C(O)NCC[C@@H](O)c1cccc(OCC2CCCC(=O)N2)c1. The number of ether oxygens (including phenoxy) is 1. The summed E-state index contributed by atoms with van der Waals surface area (Å²) in [6.45, 7) is 0.571. The molecule has 4 N–H and O–H groups in total. The van der Waals surface area contributed by atoms with Crippen LogP contribution in [0.3, 0.4) is 0 Å². The number of carbonyl (C=O) groups excluding carboxylic acids is 1. The van der Waals surface area contributed by atoms with Gasteiger partial charge in [-0.3, -0.25) is 4.79 Å². The van der Waals surface area contributed by atoms with Crippen LogP contribution < -0.4 is 15.4 Å². The molecule has 0 aliphatic carbocycles. The maximum absolute atomic E-state index is 11.3. The lowest BCUT2D eigenvalue weighted by atomic mass is 10.1. The summed E-state index contributed by atoms with van der Waals surface area (Å²) in [5.41, 5.74) is 0.669. The van der Waals surface area contributed by atoms with Crippen LogP contribution in [0, 0.1) is 0 Å². The van der Waals surface area contributed by atoms with Gasteiger partial charge in [0.1, 0.15) is 12.4 Å². The zero-order valence-corrected chi connectivity index (χ0v) is 12.8. The van der Waals surface area contributed by atoms with E-state index in [1.165, 1.54) is 0 Å². The van der Waals surface area contributed by atoms with Gasteiger partial charge in [0.15, 0.2) is 0 Å². The van der Waals surface area contributed by atoms with Gasteiger partial charge in [0.2, 0.25) is 5.91 Å². The van der Waals surface area contributed by atoms with Crippen LogP contribution in [0.1, 0.15) is 37.4 Å². The highest BCUT2D eigenvalue weighted by Gasteiger charge is 2.18. The zero-order valence-electron chi connectivity index (χ0n) is 12.8. The highest BCUT2D eigenvalue weighted by atomic mass is 16.5. The van der Waals surface area contributed by atoms with E-state index in [1.54, 1.807) is 24.3 Å². The number of hydrogen-bond donors (Lipinski definition) is 4. The average Bonchev–Trinajstić information content (AvgIpc) is 2.53. The molecule has 2 rings (SSSR count). The first kappa shape index (κ1) is 17.1. The Morgan fingerprint density at radius 3 is 3.04 bits per heavy atom. The Bertz CT molecular complexity index is 549. The molecule has 2 amide bonds. The van der Waals surface area contributed by atoms with Crippen molar-refractivity contribution in [3.8, 4) is 5.75 Å². The Balaban J connectivity index is 1.83. The van der Waals surface area contributed by atoms with Crippen molar-refractivity contribution in [1.82, 2.24) is 10.6 Å². The van der Waals surface area contributed by atoms with Crippen LogP contribution in [-0.2, 0) is 4.79 Å². The molecule has 0 radical (unpaired) electrons. The molecule has 0 spiro atoms. The molecule has 1 aromatic carbocycles. The molecule has 23 heavy (non-hydrogen) atoms. The summed E-state index contributed by atoms with van der Waals surface area (Å²) in [7, 11) is 0. The second-order valence-electron chi connectivity index (χ2n) is 5.58. The largest absolute Gasteiger partial charge is 0.491 e. The van der Waals surface area contributed by atoms with Crippen LogP contribution in [-0.4, -0.2) is 41.4 Å². The van der Waals surface area contributed by atoms with Crippen molar-refractivity contribution in [3.05, 3.63) is 29.8 Å². The third kappa shape index (κ3) is 5.78. The summed E-state index contributed by atoms with van der Waals surface area (Å²) < 4.78 is 5.69. The smallest absolute Gasteiger partial charge is 0.404 e. The fourth-order valence-electron chi connectivity index (χ4n) is 2.50. The third-order valence-electron chi connectivity index (χ3n) is 3.71. The highest BCUT2D eigenvalue weighted by molar-refractivity contribution is 5.76. The fraction of sp³-hybridized carbons (Fsp3) is 0.500. The van der Waals surface area contributed by atoms with Crippen molar-refractivity contribution in [2.45, 2.75) is 37.8 Å². The van der Waals surface area contributed by atoms with Crippen LogP contribution in [0.15, 0.2) is 24.3 Å². The lowest BCUT2D eigenvalue weighted by Crippen LogP contribution is -2.42. The number of aliphatic hydroxyl groups excluding tert-OH is 1. The molecule has 1 fully saturated rings. The van der Waals surface area contributed by atoms with Gasteiger partial charge in [0.05, 0.1) is 12.1 Å². The first-order valence-electron chi connectivity index (χ1n) is 7.71. The van der Waals surface area contributed by atoms with E-state index >= 15 is 0 Å². The van der Waals surface area contributed by atoms with E-state index in [0.29, 0.717) is 24.3 Å². The van der Waals surface area contributed by atoms with Crippen molar-refractivity contribution in [1.29, 1.82) is 0 Å². The maximum Gasteiger partial charge on any atom is 0.404 e. The predicted molar refractivity (Wildman–Crippen MR) is 83.3 cm³/mol. The topological polar surface area (TPSA) is 108 Å².